The first-order valence-electron chi connectivity index (χ1n) is 7.48. The van der Waals surface area contributed by atoms with E-state index in [1.54, 1.807) is 0 Å². The normalized spacial score (nSPS) is 28.3. The van der Waals surface area contributed by atoms with Crippen molar-refractivity contribution in [3.05, 3.63) is 28.8 Å². The van der Waals surface area contributed by atoms with Gasteiger partial charge < -0.3 is 10.6 Å². The van der Waals surface area contributed by atoms with Crippen LogP contribution in [0.25, 0.3) is 0 Å². The van der Waals surface area contributed by atoms with E-state index in [1.165, 1.54) is 44.3 Å². The third kappa shape index (κ3) is 2.48. The highest BCUT2D eigenvalue weighted by Gasteiger charge is 2.35. The molecular weight excluding hydrogens is 256 g/mol. The molecule has 1 saturated heterocycles. The smallest absolute Gasteiger partial charge is 0.0474 e. The summed E-state index contributed by atoms with van der Waals surface area (Å²) in [5.41, 5.74) is 8.26. The van der Waals surface area contributed by atoms with E-state index in [9.17, 15) is 0 Å². The second-order valence-corrected chi connectivity index (χ2v) is 6.50. The van der Waals surface area contributed by atoms with Crippen LogP contribution in [-0.4, -0.2) is 12.6 Å². The highest BCUT2D eigenvalue weighted by Crippen LogP contribution is 2.40. The SMILES string of the molecule is CC(N)c1ccc(N2CCCC3CCCC32)cc1Cl. The lowest BCUT2D eigenvalue weighted by Crippen LogP contribution is -2.42. The first kappa shape index (κ1) is 13.3. The van der Waals surface area contributed by atoms with Gasteiger partial charge in [0.15, 0.2) is 0 Å². The summed E-state index contributed by atoms with van der Waals surface area (Å²) in [6, 6.07) is 7.15. The Morgan fingerprint density at radius 1 is 1.26 bits per heavy atom. The molecule has 3 atom stereocenters. The summed E-state index contributed by atoms with van der Waals surface area (Å²) in [4.78, 5) is 2.58. The first-order valence-corrected chi connectivity index (χ1v) is 7.86. The van der Waals surface area contributed by atoms with Gasteiger partial charge in [0.25, 0.3) is 0 Å². The minimum atomic E-state index is 0.00198. The molecule has 0 aromatic heterocycles. The Morgan fingerprint density at radius 2 is 2.05 bits per heavy atom. The number of hydrogen-bond donors (Lipinski definition) is 1. The van der Waals surface area contributed by atoms with Crippen molar-refractivity contribution in [2.24, 2.45) is 11.7 Å². The third-order valence-electron chi connectivity index (χ3n) is 4.80. The molecule has 0 amide bonds. The summed E-state index contributed by atoms with van der Waals surface area (Å²) in [7, 11) is 0. The van der Waals surface area contributed by atoms with Crippen LogP contribution in [0, 0.1) is 5.92 Å². The number of anilines is 1. The van der Waals surface area contributed by atoms with Crippen LogP contribution in [0.2, 0.25) is 5.02 Å². The zero-order valence-corrected chi connectivity index (χ0v) is 12.4. The number of nitrogens with zero attached hydrogens (tertiary/aromatic N) is 1. The second-order valence-electron chi connectivity index (χ2n) is 6.09. The van der Waals surface area contributed by atoms with Gasteiger partial charge >= 0.3 is 0 Å². The van der Waals surface area contributed by atoms with Crippen molar-refractivity contribution in [1.29, 1.82) is 0 Å². The fraction of sp³-hybridized carbons (Fsp3) is 0.625. The molecule has 3 heteroatoms. The van der Waals surface area contributed by atoms with Crippen LogP contribution in [-0.2, 0) is 0 Å². The lowest BCUT2D eigenvalue weighted by Gasteiger charge is -2.39. The molecule has 1 heterocycles. The Hall–Kier alpha value is -0.730. The molecule has 0 bridgehead atoms. The highest BCUT2D eigenvalue weighted by atomic mass is 35.5. The summed E-state index contributed by atoms with van der Waals surface area (Å²) >= 11 is 6.38. The van der Waals surface area contributed by atoms with Gasteiger partial charge in [-0.15, -0.1) is 0 Å². The van der Waals surface area contributed by atoms with E-state index in [1.807, 2.05) is 6.92 Å². The van der Waals surface area contributed by atoms with Crippen molar-refractivity contribution in [3.8, 4) is 0 Å². The standard InChI is InChI=1S/C16H23ClN2/c1-11(18)14-8-7-13(10-15(14)17)19-9-3-5-12-4-2-6-16(12)19/h7-8,10-12,16H,2-6,9,18H2,1H3. The maximum atomic E-state index is 6.38. The maximum absolute atomic E-state index is 6.38. The molecule has 0 radical (unpaired) electrons. The van der Waals surface area contributed by atoms with E-state index in [4.69, 9.17) is 17.3 Å². The quantitative estimate of drug-likeness (QED) is 0.881. The van der Waals surface area contributed by atoms with Gasteiger partial charge in [-0.25, -0.2) is 0 Å². The molecular formula is C16H23ClN2. The molecule has 1 saturated carbocycles. The largest absolute Gasteiger partial charge is 0.368 e. The van der Waals surface area contributed by atoms with Gasteiger partial charge in [-0.2, -0.15) is 0 Å². The first-order chi connectivity index (χ1) is 9.16. The van der Waals surface area contributed by atoms with E-state index in [2.05, 4.69) is 23.1 Å². The molecule has 2 nitrogen and oxygen atoms in total. The molecule has 1 aliphatic heterocycles. The van der Waals surface area contributed by atoms with E-state index in [0.29, 0.717) is 0 Å². The monoisotopic (exact) mass is 278 g/mol. The molecule has 2 aliphatic rings. The topological polar surface area (TPSA) is 29.3 Å². The molecule has 104 valence electrons. The molecule has 3 rings (SSSR count). The predicted octanol–water partition coefficient (Wildman–Crippen LogP) is 4.13. The fourth-order valence-electron chi connectivity index (χ4n) is 3.84. The minimum Gasteiger partial charge on any atom is -0.368 e. The number of halogens is 1. The molecule has 2 fully saturated rings. The van der Waals surface area contributed by atoms with Crippen LogP contribution in [0.4, 0.5) is 5.69 Å². The Kier molecular flexibility index (Phi) is 3.72. The average molecular weight is 279 g/mol. The number of hydrogen-bond acceptors (Lipinski definition) is 2. The number of fused-ring (bicyclic) bond motifs is 1. The summed E-state index contributed by atoms with van der Waals surface area (Å²) in [5, 5.41) is 0.813. The molecule has 1 aliphatic carbocycles. The van der Waals surface area contributed by atoms with Crippen molar-refractivity contribution < 1.29 is 0 Å². The highest BCUT2D eigenvalue weighted by molar-refractivity contribution is 6.31. The van der Waals surface area contributed by atoms with Crippen LogP contribution in [0.3, 0.4) is 0 Å². The molecule has 1 aromatic rings. The Labute approximate surface area is 120 Å². The maximum Gasteiger partial charge on any atom is 0.0474 e. The Balaban J connectivity index is 1.87. The summed E-state index contributed by atoms with van der Waals surface area (Å²) in [6.45, 7) is 3.16. The van der Waals surface area contributed by atoms with Gasteiger partial charge in [-0.3, -0.25) is 0 Å². The van der Waals surface area contributed by atoms with Crippen LogP contribution < -0.4 is 10.6 Å². The van der Waals surface area contributed by atoms with E-state index in [0.717, 1.165) is 22.5 Å². The van der Waals surface area contributed by atoms with E-state index < -0.39 is 0 Å². The van der Waals surface area contributed by atoms with Gasteiger partial charge in [0, 0.05) is 29.3 Å². The molecule has 19 heavy (non-hydrogen) atoms. The van der Waals surface area contributed by atoms with E-state index >= 15 is 0 Å². The minimum absolute atomic E-state index is 0.00198. The summed E-state index contributed by atoms with van der Waals surface area (Å²) in [5.74, 6) is 0.903. The molecule has 2 N–H and O–H groups in total. The van der Waals surface area contributed by atoms with Crippen molar-refractivity contribution in [2.45, 2.75) is 51.1 Å². The summed E-state index contributed by atoms with van der Waals surface area (Å²) in [6.07, 6.45) is 6.86. The van der Waals surface area contributed by atoms with Crippen molar-refractivity contribution in [3.63, 3.8) is 0 Å². The zero-order chi connectivity index (χ0) is 13.4. The number of rotatable bonds is 2. The van der Waals surface area contributed by atoms with Gasteiger partial charge in [-0.05, 0) is 56.2 Å². The van der Waals surface area contributed by atoms with Crippen LogP contribution in [0.1, 0.15) is 50.6 Å². The molecule has 0 spiro atoms. The number of benzene rings is 1. The van der Waals surface area contributed by atoms with Gasteiger partial charge in [0.05, 0.1) is 0 Å². The molecule has 1 aromatic carbocycles. The van der Waals surface area contributed by atoms with Crippen molar-refractivity contribution in [1.82, 2.24) is 0 Å². The Morgan fingerprint density at radius 3 is 2.79 bits per heavy atom. The van der Waals surface area contributed by atoms with Gasteiger partial charge in [0.1, 0.15) is 0 Å². The summed E-state index contributed by atoms with van der Waals surface area (Å²) < 4.78 is 0. The van der Waals surface area contributed by atoms with Gasteiger partial charge in [0.2, 0.25) is 0 Å². The fourth-order valence-corrected chi connectivity index (χ4v) is 4.19. The molecule has 3 unspecified atom stereocenters. The van der Waals surface area contributed by atoms with Crippen molar-refractivity contribution >= 4 is 17.3 Å². The average Bonchev–Trinajstić information content (AvgIpc) is 2.86. The van der Waals surface area contributed by atoms with Crippen molar-refractivity contribution in [2.75, 3.05) is 11.4 Å². The lowest BCUT2D eigenvalue weighted by molar-refractivity contribution is 0.362. The number of nitrogens with two attached hydrogens (primary N) is 1. The zero-order valence-electron chi connectivity index (χ0n) is 11.6. The van der Waals surface area contributed by atoms with Crippen LogP contribution in [0.5, 0.6) is 0 Å². The van der Waals surface area contributed by atoms with Crippen LogP contribution >= 0.6 is 11.6 Å². The Bertz CT molecular complexity index is 458. The van der Waals surface area contributed by atoms with E-state index in [-0.39, 0.29) is 6.04 Å². The third-order valence-corrected chi connectivity index (χ3v) is 5.13. The van der Waals surface area contributed by atoms with Crippen LogP contribution in [0.15, 0.2) is 18.2 Å². The number of piperidine rings is 1. The van der Waals surface area contributed by atoms with Gasteiger partial charge in [-0.1, -0.05) is 24.1 Å². The predicted molar refractivity (Wildman–Crippen MR) is 81.8 cm³/mol. The lowest BCUT2D eigenvalue weighted by atomic mass is 9.91. The second kappa shape index (κ2) is 5.34.